The summed E-state index contributed by atoms with van der Waals surface area (Å²) in [5, 5.41) is 3.15. The lowest BCUT2D eigenvalue weighted by atomic mass is 10.2. The minimum Gasteiger partial charge on any atom is -0.491 e. The quantitative estimate of drug-likeness (QED) is 0.781. The van der Waals surface area contributed by atoms with Crippen molar-refractivity contribution in [1.82, 2.24) is 5.32 Å². The largest absolute Gasteiger partial charge is 0.491 e. The topological polar surface area (TPSA) is 21.3 Å². The molecule has 0 spiro atoms. The van der Waals surface area contributed by atoms with Crippen molar-refractivity contribution in [3.63, 3.8) is 0 Å². The van der Waals surface area contributed by atoms with Crippen molar-refractivity contribution < 1.29 is 4.74 Å². The molecule has 1 rings (SSSR count). The molecule has 90 valence electrons. The van der Waals surface area contributed by atoms with Crippen LogP contribution >= 0.6 is 27.7 Å². The fourth-order valence-electron chi connectivity index (χ4n) is 1.39. The van der Waals surface area contributed by atoms with E-state index in [1.165, 1.54) is 5.56 Å². The van der Waals surface area contributed by atoms with Crippen molar-refractivity contribution in [2.45, 2.75) is 13.5 Å². The highest BCUT2D eigenvalue weighted by Gasteiger charge is 2.06. The van der Waals surface area contributed by atoms with Gasteiger partial charge < -0.3 is 10.1 Å². The number of nitrogens with one attached hydrogen (secondary N) is 1. The molecule has 1 aromatic rings. The molecule has 0 aromatic heterocycles. The first kappa shape index (κ1) is 13.9. The van der Waals surface area contributed by atoms with Crippen molar-refractivity contribution in [3.8, 4) is 5.75 Å². The number of thioether (sulfide) groups is 1. The van der Waals surface area contributed by atoms with E-state index in [1.54, 1.807) is 0 Å². The summed E-state index contributed by atoms with van der Waals surface area (Å²) in [6.07, 6.45) is 0. The molecule has 0 aliphatic carbocycles. The molecule has 0 unspecified atom stereocenters. The molecule has 0 amide bonds. The molecule has 0 saturated heterocycles. The van der Waals surface area contributed by atoms with Crippen LogP contribution in [0.15, 0.2) is 22.7 Å². The Balaban J connectivity index is 2.61. The van der Waals surface area contributed by atoms with Gasteiger partial charge in [0.1, 0.15) is 5.75 Å². The molecule has 0 bridgehead atoms. The molecule has 1 aromatic carbocycles. The zero-order valence-corrected chi connectivity index (χ0v) is 12.2. The number of halogens is 1. The summed E-state index contributed by atoms with van der Waals surface area (Å²) < 4.78 is 6.84. The second-order valence-corrected chi connectivity index (χ2v) is 5.55. The van der Waals surface area contributed by atoms with E-state index < -0.39 is 0 Å². The summed E-state index contributed by atoms with van der Waals surface area (Å²) >= 11 is 5.42. The third kappa shape index (κ3) is 4.36. The van der Waals surface area contributed by atoms with Gasteiger partial charge in [-0.05, 0) is 34.8 Å². The molecule has 16 heavy (non-hydrogen) atoms. The molecule has 0 fully saturated rings. The summed E-state index contributed by atoms with van der Waals surface area (Å²) in [6, 6.07) is 6.13. The molecule has 4 heteroatoms. The van der Waals surface area contributed by atoms with Gasteiger partial charge in [-0.2, -0.15) is 11.8 Å². The minimum absolute atomic E-state index is 0.762. The summed E-state index contributed by atoms with van der Waals surface area (Å²) in [4.78, 5) is 0. The van der Waals surface area contributed by atoms with Crippen molar-refractivity contribution in [2.75, 3.05) is 25.2 Å². The molecular weight excluding hydrogens is 286 g/mol. The SMILES string of the molecule is CCSCCOc1c(Br)cccc1CNC. The van der Waals surface area contributed by atoms with E-state index in [1.807, 2.05) is 30.9 Å². The van der Waals surface area contributed by atoms with Crippen LogP contribution in [0.3, 0.4) is 0 Å². The second kappa shape index (κ2) is 7.98. The van der Waals surface area contributed by atoms with Gasteiger partial charge in [0.15, 0.2) is 0 Å². The predicted octanol–water partition coefficient (Wildman–Crippen LogP) is 3.30. The van der Waals surface area contributed by atoms with Gasteiger partial charge in [-0.3, -0.25) is 0 Å². The highest BCUT2D eigenvalue weighted by atomic mass is 79.9. The van der Waals surface area contributed by atoms with Crippen molar-refractivity contribution >= 4 is 27.7 Å². The maximum absolute atomic E-state index is 5.81. The van der Waals surface area contributed by atoms with Crippen LogP contribution in [0, 0.1) is 0 Å². The maximum atomic E-state index is 5.81. The van der Waals surface area contributed by atoms with Crippen molar-refractivity contribution in [2.24, 2.45) is 0 Å². The molecule has 0 aliphatic heterocycles. The fourth-order valence-corrected chi connectivity index (χ4v) is 2.40. The monoisotopic (exact) mass is 303 g/mol. The third-order valence-corrected chi connectivity index (χ3v) is 3.58. The summed E-state index contributed by atoms with van der Waals surface area (Å²) in [7, 11) is 1.94. The molecule has 0 heterocycles. The minimum atomic E-state index is 0.762. The van der Waals surface area contributed by atoms with Crippen LogP contribution in [0.1, 0.15) is 12.5 Å². The van der Waals surface area contributed by atoms with Gasteiger partial charge in [0.05, 0.1) is 11.1 Å². The summed E-state index contributed by atoms with van der Waals surface area (Å²) in [6.45, 7) is 3.75. The lowest BCUT2D eigenvalue weighted by Crippen LogP contribution is -2.09. The first-order chi connectivity index (χ1) is 7.79. The van der Waals surface area contributed by atoms with Crippen LogP contribution in [-0.4, -0.2) is 25.2 Å². The van der Waals surface area contributed by atoms with Gasteiger partial charge in [0, 0.05) is 17.9 Å². The number of benzene rings is 1. The first-order valence-electron chi connectivity index (χ1n) is 5.42. The lowest BCUT2D eigenvalue weighted by Gasteiger charge is -2.12. The Hall–Kier alpha value is -0.190. The maximum Gasteiger partial charge on any atom is 0.137 e. The Bertz CT molecular complexity index is 320. The predicted molar refractivity (Wildman–Crippen MR) is 75.4 cm³/mol. The van der Waals surface area contributed by atoms with Gasteiger partial charge >= 0.3 is 0 Å². The highest BCUT2D eigenvalue weighted by Crippen LogP contribution is 2.29. The zero-order chi connectivity index (χ0) is 11.8. The number of hydrogen-bond acceptors (Lipinski definition) is 3. The molecule has 1 N–H and O–H groups in total. The van der Waals surface area contributed by atoms with Crippen LogP contribution in [0.2, 0.25) is 0 Å². The Morgan fingerprint density at radius 3 is 2.94 bits per heavy atom. The summed E-state index contributed by atoms with van der Waals surface area (Å²) in [5.74, 6) is 3.15. The van der Waals surface area contributed by atoms with E-state index in [9.17, 15) is 0 Å². The van der Waals surface area contributed by atoms with Gasteiger partial charge in [-0.1, -0.05) is 19.1 Å². The number of rotatable bonds is 7. The van der Waals surface area contributed by atoms with Gasteiger partial charge in [0.25, 0.3) is 0 Å². The van der Waals surface area contributed by atoms with Gasteiger partial charge in [-0.15, -0.1) is 0 Å². The van der Waals surface area contributed by atoms with Crippen LogP contribution in [0.5, 0.6) is 5.75 Å². The van der Waals surface area contributed by atoms with E-state index in [-0.39, 0.29) is 0 Å². The number of ether oxygens (including phenoxy) is 1. The van der Waals surface area contributed by atoms with Crippen molar-refractivity contribution in [1.29, 1.82) is 0 Å². The Morgan fingerprint density at radius 1 is 1.44 bits per heavy atom. The van der Waals surface area contributed by atoms with E-state index in [0.717, 1.165) is 34.9 Å². The first-order valence-corrected chi connectivity index (χ1v) is 7.37. The van der Waals surface area contributed by atoms with Gasteiger partial charge in [0.2, 0.25) is 0 Å². The zero-order valence-electron chi connectivity index (χ0n) is 9.75. The van der Waals surface area contributed by atoms with E-state index in [4.69, 9.17) is 4.74 Å². The van der Waals surface area contributed by atoms with Crippen LogP contribution in [0.25, 0.3) is 0 Å². The third-order valence-electron chi connectivity index (χ3n) is 2.09. The smallest absolute Gasteiger partial charge is 0.137 e. The van der Waals surface area contributed by atoms with Crippen molar-refractivity contribution in [3.05, 3.63) is 28.2 Å². The van der Waals surface area contributed by atoms with Gasteiger partial charge in [-0.25, -0.2) is 0 Å². The average Bonchev–Trinajstić information content (AvgIpc) is 2.28. The second-order valence-electron chi connectivity index (χ2n) is 3.30. The van der Waals surface area contributed by atoms with E-state index >= 15 is 0 Å². The number of para-hydroxylation sites is 1. The highest BCUT2D eigenvalue weighted by molar-refractivity contribution is 9.10. The molecule has 2 nitrogen and oxygen atoms in total. The number of hydrogen-bond donors (Lipinski definition) is 1. The molecular formula is C12H18BrNOS. The lowest BCUT2D eigenvalue weighted by molar-refractivity contribution is 0.337. The molecule has 0 aliphatic rings. The molecule has 0 radical (unpaired) electrons. The Labute approximate surface area is 110 Å². The molecule has 0 saturated carbocycles. The van der Waals surface area contributed by atoms with Crippen LogP contribution < -0.4 is 10.1 Å². The Morgan fingerprint density at radius 2 is 2.25 bits per heavy atom. The van der Waals surface area contributed by atoms with E-state index in [0.29, 0.717) is 0 Å². The molecule has 0 atom stereocenters. The summed E-state index contributed by atoms with van der Waals surface area (Å²) in [5.41, 5.74) is 1.19. The standard InChI is InChI=1S/C12H18BrNOS/c1-3-16-8-7-15-12-10(9-14-2)5-4-6-11(12)13/h4-6,14H,3,7-9H2,1-2H3. The average molecular weight is 304 g/mol. The normalized spacial score (nSPS) is 10.4. The fraction of sp³-hybridized carbons (Fsp3) is 0.500. The van der Waals surface area contributed by atoms with E-state index in [2.05, 4.69) is 34.2 Å². The van der Waals surface area contributed by atoms with Crippen LogP contribution in [-0.2, 0) is 6.54 Å². The Kier molecular flexibility index (Phi) is 6.92. The van der Waals surface area contributed by atoms with Crippen LogP contribution in [0.4, 0.5) is 0 Å².